The standard InChI is InChI=1S/C13H17BrFN3O2/c1-17(8-9-3-2-4-16-7-9)12-5-10(14)11(15)6-13(12)18(19)20/h5-6,9,16H,2-4,7-8H2,1H3. The molecule has 7 heteroatoms. The second-order valence-electron chi connectivity index (χ2n) is 5.11. The van der Waals surface area contributed by atoms with Crippen LogP contribution in [0, 0.1) is 21.8 Å². The third-order valence-electron chi connectivity index (χ3n) is 3.56. The summed E-state index contributed by atoms with van der Waals surface area (Å²) in [6.07, 6.45) is 2.22. The minimum absolute atomic E-state index is 0.197. The van der Waals surface area contributed by atoms with Gasteiger partial charge in [-0.25, -0.2) is 4.39 Å². The van der Waals surface area contributed by atoms with Crippen molar-refractivity contribution in [1.29, 1.82) is 0 Å². The zero-order chi connectivity index (χ0) is 14.7. The van der Waals surface area contributed by atoms with Gasteiger partial charge in [0.15, 0.2) is 0 Å². The average Bonchev–Trinajstić information content (AvgIpc) is 2.42. The number of nitro benzene ring substituents is 1. The molecule has 1 heterocycles. The summed E-state index contributed by atoms with van der Waals surface area (Å²) >= 11 is 3.09. The summed E-state index contributed by atoms with van der Waals surface area (Å²) in [5.41, 5.74) is 0.241. The number of nitrogens with zero attached hydrogens (tertiary/aromatic N) is 2. The average molecular weight is 346 g/mol. The largest absolute Gasteiger partial charge is 0.369 e. The molecule has 0 aromatic heterocycles. The molecule has 1 saturated heterocycles. The monoisotopic (exact) mass is 345 g/mol. The van der Waals surface area contributed by atoms with Crippen molar-refractivity contribution in [2.45, 2.75) is 12.8 Å². The third kappa shape index (κ3) is 3.46. The Balaban J connectivity index is 2.21. The second-order valence-corrected chi connectivity index (χ2v) is 5.96. The number of piperidine rings is 1. The zero-order valence-corrected chi connectivity index (χ0v) is 12.8. The Labute approximate surface area is 125 Å². The van der Waals surface area contributed by atoms with Crippen molar-refractivity contribution in [1.82, 2.24) is 5.32 Å². The first-order chi connectivity index (χ1) is 9.49. The van der Waals surface area contributed by atoms with Gasteiger partial charge in [-0.3, -0.25) is 10.1 Å². The molecule has 2 rings (SSSR count). The highest BCUT2D eigenvalue weighted by Gasteiger charge is 2.23. The molecule has 1 aliphatic heterocycles. The third-order valence-corrected chi connectivity index (χ3v) is 4.16. The van der Waals surface area contributed by atoms with Crippen molar-refractivity contribution >= 4 is 27.3 Å². The van der Waals surface area contributed by atoms with Gasteiger partial charge in [-0.1, -0.05) is 0 Å². The predicted molar refractivity (Wildman–Crippen MR) is 79.6 cm³/mol. The molecule has 0 spiro atoms. The lowest BCUT2D eigenvalue weighted by atomic mass is 9.99. The molecule has 1 aliphatic rings. The van der Waals surface area contributed by atoms with Crippen LogP contribution in [0.25, 0.3) is 0 Å². The number of rotatable bonds is 4. The number of halogens is 2. The van der Waals surface area contributed by atoms with Crippen molar-refractivity contribution in [2.24, 2.45) is 5.92 Å². The Morgan fingerprint density at radius 3 is 2.95 bits per heavy atom. The Kier molecular flexibility index (Phi) is 4.93. The SMILES string of the molecule is CN(CC1CCCNC1)c1cc(Br)c(F)cc1[N+](=O)[O-]. The lowest BCUT2D eigenvalue weighted by molar-refractivity contribution is -0.384. The highest BCUT2D eigenvalue weighted by Crippen LogP contribution is 2.33. The van der Waals surface area contributed by atoms with Crippen LogP contribution in [-0.4, -0.2) is 31.6 Å². The van der Waals surface area contributed by atoms with E-state index in [2.05, 4.69) is 21.2 Å². The maximum atomic E-state index is 13.5. The first kappa shape index (κ1) is 15.2. The summed E-state index contributed by atoms with van der Waals surface area (Å²) in [6, 6.07) is 2.44. The second kappa shape index (κ2) is 6.49. The number of benzene rings is 1. The number of nitrogens with one attached hydrogen (secondary N) is 1. The van der Waals surface area contributed by atoms with Crippen LogP contribution in [0.15, 0.2) is 16.6 Å². The molecule has 1 N–H and O–H groups in total. The van der Waals surface area contributed by atoms with Crippen LogP contribution in [0.4, 0.5) is 15.8 Å². The van der Waals surface area contributed by atoms with Crippen molar-refractivity contribution in [3.63, 3.8) is 0 Å². The van der Waals surface area contributed by atoms with Gasteiger partial charge in [0.1, 0.15) is 11.5 Å². The van der Waals surface area contributed by atoms with Gasteiger partial charge in [0.2, 0.25) is 0 Å². The maximum absolute atomic E-state index is 13.5. The molecule has 0 amide bonds. The van der Waals surface area contributed by atoms with Gasteiger partial charge >= 0.3 is 0 Å². The van der Waals surface area contributed by atoms with E-state index in [0.717, 1.165) is 32.0 Å². The van der Waals surface area contributed by atoms with Gasteiger partial charge in [0.25, 0.3) is 5.69 Å². The fraction of sp³-hybridized carbons (Fsp3) is 0.538. The molecule has 1 unspecified atom stereocenters. The van der Waals surface area contributed by atoms with Crippen LogP contribution >= 0.6 is 15.9 Å². The van der Waals surface area contributed by atoms with E-state index in [0.29, 0.717) is 18.2 Å². The molecule has 20 heavy (non-hydrogen) atoms. The molecule has 1 aromatic carbocycles. The summed E-state index contributed by atoms with van der Waals surface area (Å²) in [6.45, 7) is 2.66. The highest BCUT2D eigenvalue weighted by molar-refractivity contribution is 9.10. The Bertz CT molecular complexity index is 507. The molecular formula is C13H17BrFN3O2. The van der Waals surface area contributed by atoms with Crippen LogP contribution in [-0.2, 0) is 0 Å². The summed E-state index contributed by atoms with van der Waals surface area (Å²) in [4.78, 5) is 12.4. The van der Waals surface area contributed by atoms with E-state index in [-0.39, 0.29) is 10.2 Å². The van der Waals surface area contributed by atoms with E-state index in [9.17, 15) is 14.5 Å². The molecule has 0 aliphatic carbocycles. The molecule has 0 radical (unpaired) electrons. The zero-order valence-electron chi connectivity index (χ0n) is 11.2. The molecular weight excluding hydrogens is 329 g/mol. The minimum Gasteiger partial charge on any atom is -0.369 e. The fourth-order valence-electron chi connectivity index (χ4n) is 2.54. The van der Waals surface area contributed by atoms with E-state index >= 15 is 0 Å². The maximum Gasteiger partial charge on any atom is 0.295 e. The van der Waals surface area contributed by atoms with Crippen molar-refractivity contribution in [3.05, 3.63) is 32.5 Å². The van der Waals surface area contributed by atoms with Crippen molar-refractivity contribution < 1.29 is 9.31 Å². The van der Waals surface area contributed by atoms with E-state index in [1.54, 1.807) is 7.05 Å². The molecule has 1 fully saturated rings. The van der Waals surface area contributed by atoms with Crippen LogP contribution in [0.2, 0.25) is 0 Å². The van der Waals surface area contributed by atoms with Crippen molar-refractivity contribution in [2.75, 3.05) is 31.6 Å². The summed E-state index contributed by atoms with van der Waals surface area (Å²) in [5, 5.41) is 14.4. The van der Waals surface area contributed by atoms with Crippen LogP contribution < -0.4 is 10.2 Å². The molecule has 1 aromatic rings. The van der Waals surface area contributed by atoms with Crippen molar-refractivity contribution in [3.8, 4) is 0 Å². The summed E-state index contributed by atoms with van der Waals surface area (Å²) in [7, 11) is 1.81. The van der Waals surface area contributed by atoms with E-state index in [1.165, 1.54) is 6.07 Å². The van der Waals surface area contributed by atoms with Crippen LogP contribution in [0.5, 0.6) is 0 Å². The van der Waals surface area contributed by atoms with Gasteiger partial charge in [-0.15, -0.1) is 0 Å². The number of anilines is 1. The predicted octanol–water partition coefficient (Wildman–Crippen LogP) is 2.93. The molecule has 110 valence electrons. The fourth-order valence-corrected chi connectivity index (χ4v) is 2.87. The van der Waals surface area contributed by atoms with Gasteiger partial charge in [-0.2, -0.15) is 0 Å². The molecule has 5 nitrogen and oxygen atoms in total. The molecule has 0 bridgehead atoms. The van der Waals surface area contributed by atoms with Gasteiger partial charge in [0, 0.05) is 13.6 Å². The number of hydrogen-bond acceptors (Lipinski definition) is 4. The Morgan fingerprint density at radius 1 is 1.60 bits per heavy atom. The Morgan fingerprint density at radius 2 is 2.35 bits per heavy atom. The lowest BCUT2D eigenvalue weighted by Gasteiger charge is -2.28. The van der Waals surface area contributed by atoms with Crippen LogP contribution in [0.3, 0.4) is 0 Å². The first-order valence-electron chi connectivity index (χ1n) is 6.54. The van der Waals surface area contributed by atoms with E-state index < -0.39 is 10.7 Å². The minimum atomic E-state index is -0.617. The quantitative estimate of drug-likeness (QED) is 0.673. The number of nitro groups is 1. The lowest BCUT2D eigenvalue weighted by Crippen LogP contribution is -2.37. The van der Waals surface area contributed by atoms with Crippen LogP contribution in [0.1, 0.15) is 12.8 Å². The van der Waals surface area contributed by atoms with Gasteiger partial charge in [0.05, 0.1) is 15.5 Å². The smallest absolute Gasteiger partial charge is 0.295 e. The van der Waals surface area contributed by atoms with Gasteiger partial charge in [-0.05, 0) is 53.8 Å². The molecule has 1 atom stereocenters. The normalized spacial score (nSPS) is 18.9. The first-order valence-corrected chi connectivity index (χ1v) is 7.33. The summed E-state index contributed by atoms with van der Waals surface area (Å²) in [5.74, 6) is -0.162. The Hall–Kier alpha value is -1.21. The van der Waals surface area contributed by atoms with E-state index in [4.69, 9.17) is 0 Å². The van der Waals surface area contributed by atoms with Gasteiger partial charge < -0.3 is 10.2 Å². The summed E-state index contributed by atoms with van der Waals surface area (Å²) < 4.78 is 13.7. The highest BCUT2D eigenvalue weighted by atomic mass is 79.9. The van der Waals surface area contributed by atoms with E-state index in [1.807, 2.05) is 4.90 Å². The number of hydrogen-bond donors (Lipinski definition) is 1. The molecule has 0 saturated carbocycles. The topological polar surface area (TPSA) is 58.4 Å².